The van der Waals surface area contributed by atoms with Gasteiger partial charge in [0.25, 0.3) is 0 Å². The molecule has 0 radical (unpaired) electrons. The van der Waals surface area contributed by atoms with Gasteiger partial charge in [-0.15, -0.1) is 0 Å². The molecule has 0 amide bonds. The van der Waals surface area contributed by atoms with Crippen LogP contribution in [-0.2, 0) is 0 Å². The van der Waals surface area contributed by atoms with E-state index in [1.165, 1.54) is 19.3 Å². The fourth-order valence-electron chi connectivity index (χ4n) is 4.34. The molecule has 1 nitrogen and oxygen atoms in total. The Morgan fingerprint density at radius 2 is 1.95 bits per heavy atom. The average Bonchev–Trinajstić information content (AvgIpc) is 2.79. The first kappa shape index (κ1) is 13.1. The molecule has 2 fully saturated rings. The third kappa shape index (κ3) is 2.20. The average molecular weight is 261 g/mol. The molecule has 1 aromatic rings. The number of hydrogen-bond acceptors (Lipinski definition) is 1. The van der Waals surface area contributed by atoms with Gasteiger partial charge < -0.3 is 5.32 Å². The summed E-state index contributed by atoms with van der Waals surface area (Å²) in [5, 5.41) is 3.55. The molecule has 2 aliphatic carbocycles. The van der Waals surface area contributed by atoms with Crippen LogP contribution in [0.5, 0.6) is 0 Å². The van der Waals surface area contributed by atoms with Crippen LogP contribution in [0.4, 0.5) is 4.39 Å². The van der Waals surface area contributed by atoms with Crippen molar-refractivity contribution in [3.63, 3.8) is 0 Å². The minimum atomic E-state index is -0.0200. The molecule has 0 heterocycles. The zero-order valence-corrected chi connectivity index (χ0v) is 12.2. The summed E-state index contributed by atoms with van der Waals surface area (Å²) >= 11 is 0. The van der Waals surface area contributed by atoms with Gasteiger partial charge in [0, 0.05) is 11.6 Å². The number of nitrogens with one attached hydrogen (secondary N) is 1. The van der Waals surface area contributed by atoms with Crippen molar-refractivity contribution in [2.75, 3.05) is 6.54 Å². The Kier molecular flexibility index (Phi) is 3.38. The fraction of sp³-hybridized carbons (Fsp3) is 0.647. The SMILES string of the molecule is CCNC(c1c(C)cc(C)cc1F)C1C2CCCC21. The van der Waals surface area contributed by atoms with E-state index in [2.05, 4.69) is 18.3 Å². The van der Waals surface area contributed by atoms with Crippen LogP contribution in [0, 0.1) is 37.4 Å². The molecule has 3 atom stereocenters. The van der Waals surface area contributed by atoms with E-state index >= 15 is 0 Å². The van der Waals surface area contributed by atoms with Gasteiger partial charge >= 0.3 is 0 Å². The molecular formula is C17H24FN. The topological polar surface area (TPSA) is 12.0 Å². The van der Waals surface area contributed by atoms with Crippen LogP contribution in [0.3, 0.4) is 0 Å². The molecule has 19 heavy (non-hydrogen) atoms. The number of aryl methyl sites for hydroxylation is 2. The maximum absolute atomic E-state index is 14.4. The highest BCUT2D eigenvalue weighted by atomic mass is 19.1. The van der Waals surface area contributed by atoms with Crippen LogP contribution in [0.25, 0.3) is 0 Å². The number of rotatable bonds is 4. The summed E-state index contributed by atoms with van der Waals surface area (Å²) in [7, 11) is 0. The summed E-state index contributed by atoms with van der Waals surface area (Å²) in [4.78, 5) is 0. The van der Waals surface area contributed by atoms with Crippen molar-refractivity contribution in [2.24, 2.45) is 17.8 Å². The lowest BCUT2D eigenvalue weighted by atomic mass is 9.92. The molecule has 0 aliphatic heterocycles. The van der Waals surface area contributed by atoms with Gasteiger partial charge in [-0.25, -0.2) is 4.39 Å². The maximum atomic E-state index is 14.4. The van der Waals surface area contributed by atoms with E-state index in [4.69, 9.17) is 0 Å². The van der Waals surface area contributed by atoms with E-state index in [-0.39, 0.29) is 11.9 Å². The van der Waals surface area contributed by atoms with Crippen molar-refractivity contribution in [2.45, 2.75) is 46.1 Å². The highest BCUT2D eigenvalue weighted by Gasteiger charge is 2.56. The molecule has 0 bridgehead atoms. The molecule has 2 heteroatoms. The van der Waals surface area contributed by atoms with Crippen LogP contribution in [-0.4, -0.2) is 6.54 Å². The Labute approximate surface area is 115 Å². The molecule has 0 aromatic heterocycles. The molecule has 2 aliphatic rings. The summed E-state index contributed by atoms with van der Waals surface area (Å²) in [5.74, 6) is 2.35. The lowest BCUT2D eigenvalue weighted by Gasteiger charge is -2.23. The van der Waals surface area contributed by atoms with Crippen molar-refractivity contribution in [1.82, 2.24) is 5.32 Å². The van der Waals surface area contributed by atoms with Gasteiger partial charge in [0.2, 0.25) is 0 Å². The van der Waals surface area contributed by atoms with Gasteiger partial charge in [-0.05, 0) is 68.2 Å². The third-order valence-electron chi connectivity index (χ3n) is 5.07. The zero-order valence-electron chi connectivity index (χ0n) is 12.2. The smallest absolute Gasteiger partial charge is 0.128 e. The van der Waals surface area contributed by atoms with Crippen LogP contribution in [0.15, 0.2) is 12.1 Å². The lowest BCUT2D eigenvalue weighted by molar-refractivity contribution is 0.409. The molecule has 0 spiro atoms. The first-order valence-corrected chi connectivity index (χ1v) is 7.63. The molecule has 3 unspecified atom stereocenters. The van der Waals surface area contributed by atoms with Gasteiger partial charge in [-0.2, -0.15) is 0 Å². The molecule has 1 N–H and O–H groups in total. The van der Waals surface area contributed by atoms with E-state index < -0.39 is 0 Å². The highest BCUT2D eigenvalue weighted by molar-refractivity contribution is 5.36. The number of hydrogen-bond donors (Lipinski definition) is 1. The number of benzene rings is 1. The van der Waals surface area contributed by atoms with Crippen molar-refractivity contribution < 1.29 is 4.39 Å². The van der Waals surface area contributed by atoms with Crippen LogP contribution < -0.4 is 5.32 Å². The molecule has 1 aromatic carbocycles. The van der Waals surface area contributed by atoms with Crippen molar-refractivity contribution in [1.29, 1.82) is 0 Å². The molecule has 2 saturated carbocycles. The Morgan fingerprint density at radius 1 is 1.26 bits per heavy atom. The van der Waals surface area contributed by atoms with Crippen LogP contribution in [0.2, 0.25) is 0 Å². The Hall–Kier alpha value is -0.890. The molecule has 104 valence electrons. The monoisotopic (exact) mass is 261 g/mol. The Morgan fingerprint density at radius 3 is 2.53 bits per heavy atom. The van der Waals surface area contributed by atoms with Gasteiger partial charge in [0.05, 0.1) is 0 Å². The van der Waals surface area contributed by atoms with E-state index in [0.29, 0.717) is 5.92 Å². The van der Waals surface area contributed by atoms with Gasteiger partial charge in [0.1, 0.15) is 5.82 Å². The van der Waals surface area contributed by atoms with E-state index in [1.807, 2.05) is 13.8 Å². The van der Waals surface area contributed by atoms with Gasteiger partial charge in [-0.3, -0.25) is 0 Å². The second kappa shape index (κ2) is 4.90. The maximum Gasteiger partial charge on any atom is 0.128 e. The summed E-state index contributed by atoms with van der Waals surface area (Å²) in [6.07, 6.45) is 4.08. The Balaban J connectivity index is 1.92. The fourth-order valence-corrected chi connectivity index (χ4v) is 4.34. The standard InChI is InChI=1S/C17H24FN/c1-4-19-17(16-12-6-5-7-13(12)16)15-11(3)8-10(2)9-14(15)18/h8-9,12-13,16-17,19H,4-7H2,1-3H3. The number of halogens is 1. The van der Waals surface area contributed by atoms with Crippen molar-refractivity contribution in [3.05, 3.63) is 34.6 Å². The zero-order chi connectivity index (χ0) is 13.6. The minimum absolute atomic E-state index is 0.0200. The summed E-state index contributed by atoms with van der Waals surface area (Å²) in [6.45, 7) is 7.04. The quantitative estimate of drug-likeness (QED) is 0.859. The van der Waals surface area contributed by atoms with E-state index in [1.54, 1.807) is 6.07 Å². The summed E-state index contributed by atoms with van der Waals surface area (Å²) in [6, 6.07) is 4.02. The van der Waals surface area contributed by atoms with Gasteiger partial charge in [-0.1, -0.05) is 19.4 Å². The Bertz CT molecular complexity index is 449. The first-order valence-electron chi connectivity index (χ1n) is 7.63. The van der Waals surface area contributed by atoms with Crippen LogP contribution in [0.1, 0.15) is 48.9 Å². The van der Waals surface area contributed by atoms with E-state index in [9.17, 15) is 4.39 Å². The molecular weight excluding hydrogens is 237 g/mol. The number of fused-ring (bicyclic) bond motifs is 1. The first-order chi connectivity index (χ1) is 9.13. The third-order valence-corrected chi connectivity index (χ3v) is 5.07. The van der Waals surface area contributed by atoms with Crippen molar-refractivity contribution in [3.8, 4) is 0 Å². The van der Waals surface area contributed by atoms with Gasteiger partial charge in [0.15, 0.2) is 0 Å². The van der Waals surface area contributed by atoms with E-state index in [0.717, 1.165) is 35.1 Å². The normalized spacial score (nSPS) is 30.2. The highest BCUT2D eigenvalue weighted by Crippen LogP contribution is 2.62. The summed E-state index contributed by atoms with van der Waals surface area (Å²) in [5.41, 5.74) is 3.05. The largest absolute Gasteiger partial charge is 0.310 e. The second-order valence-corrected chi connectivity index (χ2v) is 6.35. The predicted molar refractivity (Wildman–Crippen MR) is 76.6 cm³/mol. The lowest BCUT2D eigenvalue weighted by Crippen LogP contribution is -2.26. The molecule has 0 saturated heterocycles. The van der Waals surface area contributed by atoms with Crippen molar-refractivity contribution >= 4 is 0 Å². The molecule has 3 rings (SSSR count). The minimum Gasteiger partial charge on any atom is -0.310 e. The predicted octanol–water partition coefficient (Wildman–Crippen LogP) is 4.14. The second-order valence-electron chi connectivity index (χ2n) is 6.35. The van der Waals surface area contributed by atoms with Crippen LogP contribution >= 0.6 is 0 Å². The summed E-state index contributed by atoms with van der Waals surface area (Å²) < 4.78 is 14.4.